The van der Waals surface area contributed by atoms with Crippen LogP contribution in [0, 0.1) is 0 Å². The maximum atomic E-state index is 13.1. The minimum Gasteiger partial charge on any atom is -0.450 e. The van der Waals surface area contributed by atoms with Gasteiger partial charge >= 0.3 is 12.1 Å². The van der Waals surface area contributed by atoms with E-state index in [2.05, 4.69) is 16.0 Å². The molecule has 0 aromatic heterocycles. The number of carbonyl (C=O) groups excluding carboxylic acids is 3. The van der Waals surface area contributed by atoms with Gasteiger partial charge in [-0.15, -0.1) is 0 Å². The van der Waals surface area contributed by atoms with Gasteiger partial charge in [0.15, 0.2) is 0 Å². The molecule has 2 fully saturated rings. The molecule has 1 saturated heterocycles. The van der Waals surface area contributed by atoms with Crippen molar-refractivity contribution in [2.75, 3.05) is 19.7 Å². The monoisotopic (exact) mass is 416 g/mol. The first-order chi connectivity index (χ1) is 14.5. The predicted octanol–water partition coefficient (Wildman–Crippen LogP) is 2.54. The third-order valence-electron chi connectivity index (χ3n) is 5.90. The molecule has 8 heteroatoms. The third kappa shape index (κ3) is 5.64. The number of rotatable bonds is 6. The summed E-state index contributed by atoms with van der Waals surface area (Å²) in [6.45, 7) is 3.67. The van der Waals surface area contributed by atoms with Gasteiger partial charge in [-0.1, -0.05) is 43.2 Å². The van der Waals surface area contributed by atoms with Gasteiger partial charge in [-0.25, -0.2) is 9.59 Å². The molecule has 0 bridgehead atoms. The average molecular weight is 417 g/mol. The highest BCUT2D eigenvalue weighted by atomic mass is 16.6. The Morgan fingerprint density at radius 3 is 2.40 bits per heavy atom. The van der Waals surface area contributed by atoms with Crippen molar-refractivity contribution >= 4 is 18.0 Å². The van der Waals surface area contributed by atoms with E-state index in [4.69, 9.17) is 4.74 Å². The van der Waals surface area contributed by atoms with Crippen LogP contribution in [0.5, 0.6) is 0 Å². The highest BCUT2D eigenvalue weighted by Crippen LogP contribution is 2.30. The summed E-state index contributed by atoms with van der Waals surface area (Å²) in [6.07, 6.45) is 4.16. The molecule has 1 saturated carbocycles. The topological polar surface area (TPSA) is 99.8 Å². The molecule has 1 aliphatic carbocycles. The number of likely N-dealkylation sites (tertiary alicyclic amines) is 1. The van der Waals surface area contributed by atoms with Crippen molar-refractivity contribution in [3.63, 3.8) is 0 Å². The van der Waals surface area contributed by atoms with Gasteiger partial charge in [-0.05, 0) is 38.2 Å². The van der Waals surface area contributed by atoms with Gasteiger partial charge < -0.3 is 25.6 Å². The van der Waals surface area contributed by atoms with Crippen LogP contribution in [0.2, 0.25) is 0 Å². The maximum absolute atomic E-state index is 13.1. The Hall–Kier alpha value is -2.77. The summed E-state index contributed by atoms with van der Waals surface area (Å²) < 4.78 is 5.04. The molecule has 2 aliphatic rings. The van der Waals surface area contributed by atoms with Crippen LogP contribution in [0.1, 0.15) is 51.0 Å². The van der Waals surface area contributed by atoms with E-state index in [1.807, 2.05) is 30.3 Å². The van der Waals surface area contributed by atoms with Crippen LogP contribution in [-0.4, -0.2) is 54.2 Å². The van der Waals surface area contributed by atoms with E-state index in [0.717, 1.165) is 18.4 Å². The number of amides is 4. The van der Waals surface area contributed by atoms with Gasteiger partial charge in [0.1, 0.15) is 5.54 Å². The van der Waals surface area contributed by atoms with Gasteiger partial charge in [-0.2, -0.15) is 0 Å². The summed E-state index contributed by atoms with van der Waals surface area (Å²) >= 11 is 0. The molecular weight excluding hydrogens is 384 g/mol. The molecule has 1 aromatic carbocycles. The van der Waals surface area contributed by atoms with Gasteiger partial charge in [-0.3, -0.25) is 4.79 Å². The first-order valence-corrected chi connectivity index (χ1v) is 10.8. The van der Waals surface area contributed by atoms with E-state index in [1.165, 1.54) is 0 Å². The minimum absolute atomic E-state index is 0.00479. The summed E-state index contributed by atoms with van der Waals surface area (Å²) in [4.78, 5) is 39.1. The van der Waals surface area contributed by atoms with Crippen LogP contribution in [-0.2, 0) is 16.1 Å². The Morgan fingerprint density at radius 2 is 1.77 bits per heavy atom. The van der Waals surface area contributed by atoms with Crippen molar-refractivity contribution in [1.82, 2.24) is 20.9 Å². The minimum atomic E-state index is -0.862. The Bertz CT molecular complexity index is 726. The molecule has 0 spiro atoms. The number of hydrogen-bond acceptors (Lipinski definition) is 4. The van der Waals surface area contributed by atoms with Crippen LogP contribution in [0.25, 0.3) is 0 Å². The Morgan fingerprint density at radius 1 is 1.10 bits per heavy atom. The first kappa shape index (κ1) is 21.9. The fraction of sp³-hybridized carbons (Fsp3) is 0.591. The fourth-order valence-corrected chi connectivity index (χ4v) is 4.17. The molecule has 30 heavy (non-hydrogen) atoms. The van der Waals surface area contributed by atoms with E-state index in [0.29, 0.717) is 51.9 Å². The van der Waals surface area contributed by atoms with Crippen molar-refractivity contribution in [2.45, 2.75) is 63.6 Å². The van der Waals surface area contributed by atoms with Crippen molar-refractivity contribution in [1.29, 1.82) is 0 Å². The zero-order valence-electron chi connectivity index (χ0n) is 17.6. The second-order valence-corrected chi connectivity index (χ2v) is 8.02. The lowest BCUT2D eigenvalue weighted by Crippen LogP contribution is -2.61. The number of nitrogens with one attached hydrogen (secondary N) is 3. The predicted molar refractivity (Wildman–Crippen MR) is 113 cm³/mol. The number of benzene rings is 1. The summed E-state index contributed by atoms with van der Waals surface area (Å²) in [5.41, 5.74) is 0.143. The molecule has 0 atom stereocenters. The lowest BCUT2D eigenvalue weighted by atomic mass is 9.94. The standard InChI is InChI=1S/C22H32N4O4/c1-2-30-21(29)26-14-10-18(11-15-26)24-19(27)22(12-6-7-13-22)25-20(28)23-16-17-8-4-3-5-9-17/h3-5,8-9,18H,2,6-7,10-16H2,1H3,(H,24,27)(H2,23,25,28). The van der Waals surface area contributed by atoms with Crippen LogP contribution in [0.3, 0.4) is 0 Å². The Kier molecular flexibility index (Phi) is 7.54. The highest BCUT2D eigenvalue weighted by Gasteiger charge is 2.43. The second-order valence-electron chi connectivity index (χ2n) is 8.02. The first-order valence-electron chi connectivity index (χ1n) is 10.8. The molecule has 3 N–H and O–H groups in total. The molecule has 4 amide bonds. The summed E-state index contributed by atoms with van der Waals surface area (Å²) in [7, 11) is 0. The van der Waals surface area contributed by atoms with Crippen molar-refractivity contribution in [3.05, 3.63) is 35.9 Å². The normalized spacial score (nSPS) is 18.5. The third-order valence-corrected chi connectivity index (χ3v) is 5.90. The molecule has 1 aromatic rings. The molecule has 1 aliphatic heterocycles. The van der Waals surface area contributed by atoms with Gasteiger partial charge in [0.25, 0.3) is 0 Å². The van der Waals surface area contributed by atoms with E-state index in [1.54, 1.807) is 11.8 Å². The van der Waals surface area contributed by atoms with Crippen LogP contribution in [0.15, 0.2) is 30.3 Å². The van der Waals surface area contributed by atoms with E-state index in [-0.39, 0.29) is 24.1 Å². The summed E-state index contributed by atoms with van der Waals surface area (Å²) in [6, 6.07) is 9.34. The number of nitrogens with zero attached hydrogens (tertiary/aromatic N) is 1. The summed E-state index contributed by atoms with van der Waals surface area (Å²) in [5, 5.41) is 8.91. The van der Waals surface area contributed by atoms with E-state index < -0.39 is 5.54 Å². The quantitative estimate of drug-likeness (QED) is 0.663. The zero-order chi connectivity index (χ0) is 21.4. The fourth-order valence-electron chi connectivity index (χ4n) is 4.17. The second kappa shape index (κ2) is 10.3. The summed E-state index contributed by atoms with van der Waals surface area (Å²) in [5.74, 6) is -0.121. The molecule has 0 radical (unpaired) electrons. The lowest BCUT2D eigenvalue weighted by Gasteiger charge is -2.35. The zero-order valence-corrected chi connectivity index (χ0v) is 17.6. The molecule has 0 unspecified atom stereocenters. The Labute approximate surface area is 177 Å². The number of ether oxygens (including phenoxy) is 1. The number of urea groups is 1. The van der Waals surface area contributed by atoms with Crippen LogP contribution >= 0.6 is 0 Å². The van der Waals surface area contributed by atoms with Gasteiger partial charge in [0.2, 0.25) is 5.91 Å². The van der Waals surface area contributed by atoms with Crippen LogP contribution < -0.4 is 16.0 Å². The van der Waals surface area contributed by atoms with Crippen molar-refractivity contribution in [3.8, 4) is 0 Å². The molecule has 164 valence electrons. The lowest BCUT2D eigenvalue weighted by molar-refractivity contribution is -0.128. The Balaban J connectivity index is 1.50. The van der Waals surface area contributed by atoms with Crippen molar-refractivity contribution in [2.24, 2.45) is 0 Å². The highest BCUT2D eigenvalue weighted by molar-refractivity contribution is 5.91. The van der Waals surface area contributed by atoms with Crippen molar-refractivity contribution < 1.29 is 19.1 Å². The number of carbonyl (C=O) groups is 3. The largest absolute Gasteiger partial charge is 0.450 e. The molecular formula is C22H32N4O4. The van der Waals surface area contributed by atoms with E-state index >= 15 is 0 Å². The van der Waals surface area contributed by atoms with Crippen LogP contribution in [0.4, 0.5) is 9.59 Å². The smallest absolute Gasteiger partial charge is 0.409 e. The van der Waals surface area contributed by atoms with Gasteiger partial charge in [0.05, 0.1) is 6.61 Å². The number of piperidine rings is 1. The molecule has 1 heterocycles. The average Bonchev–Trinajstić information content (AvgIpc) is 3.23. The molecule has 3 rings (SSSR count). The van der Waals surface area contributed by atoms with E-state index in [9.17, 15) is 14.4 Å². The van der Waals surface area contributed by atoms with Gasteiger partial charge in [0, 0.05) is 25.7 Å². The number of hydrogen-bond donors (Lipinski definition) is 3. The maximum Gasteiger partial charge on any atom is 0.409 e. The SMILES string of the molecule is CCOC(=O)N1CCC(NC(=O)C2(NC(=O)NCc3ccccc3)CCCC2)CC1. The molecule has 8 nitrogen and oxygen atoms in total.